The predicted octanol–water partition coefficient (Wildman–Crippen LogP) is 3.84. The summed E-state index contributed by atoms with van der Waals surface area (Å²) >= 11 is 1.63. The number of aryl methyl sites for hydroxylation is 2. The average molecular weight is 380 g/mol. The van der Waals surface area contributed by atoms with Crippen molar-refractivity contribution in [3.05, 3.63) is 65.0 Å². The molecule has 27 heavy (non-hydrogen) atoms. The monoisotopic (exact) mass is 380 g/mol. The van der Waals surface area contributed by atoms with E-state index in [1.807, 2.05) is 24.3 Å². The van der Waals surface area contributed by atoms with Crippen LogP contribution in [0, 0.1) is 13.8 Å². The molecule has 0 saturated heterocycles. The van der Waals surface area contributed by atoms with Gasteiger partial charge < -0.3 is 9.47 Å². The van der Waals surface area contributed by atoms with Gasteiger partial charge in [-0.05, 0) is 48.7 Å². The van der Waals surface area contributed by atoms with Crippen molar-refractivity contribution >= 4 is 17.5 Å². The van der Waals surface area contributed by atoms with Gasteiger partial charge in [-0.3, -0.25) is 0 Å². The zero-order valence-corrected chi connectivity index (χ0v) is 16.3. The van der Waals surface area contributed by atoms with Crippen molar-refractivity contribution in [1.29, 1.82) is 0 Å². The van der Waals surface area contributed by atoms with Crippen molar-refractivity contribution in [3.63, 3.8) is 0 Å². The van der Waals surface area contributed by atoms with Gasteiger partial charge in [-0.1, -0.05) is 30.0 Å². The Hall–Kier alpha value is -2.80. The van der Waals surface area contributed by atoms with E-state index in [0.717, 1.165) is 27.9 Å². The Kier molecular flexibility index (Phi) is 4.85. The van der Waals surface area contributed by atoms with Gasteiger partial charge in [0.05, 0.1) is 12.8 Å². The van der Waals surface area contributed by atoms with Gasteiger partial charge in [0, 0.05) is 11.8 Å². The highest BCUT2D eigenvalue weighted by atomic mass is 32.2. The number of rotatable bonds is 5. The summed E-state index contributed by atoms with van der Waals surface area (Å²) in [4.78, 5) is 0. The van der Waals surface area contributed by atoms with Crippen LogP contribution in [0.3, 0.4) is 0 Å². The maximum absolute atomic E-state index is 5.85. The number of hydrogen-bond acceptors (Lipinski definition) is 6. The third kappa shape index (κ3) is 3.68. The van der Waals surface area contributed by atoms with Crippen molar-refractivity contribution in [3.8, 4) is 11.5 Å². The minimum absolute atomic E-state index is 0.282. The molecule has 7 heteroatoms. The summed E-state index contributed by atoms with van der Waals surface area (Å²) in [7, 11) is 1.63. The molecule has 1 aliphatic heterocycles. The van der Waals surface area contributed by atoms with Crippen LogP contribution in [0.15, 0.2) is 52.7 Å². The number of methoxy groups -OCH3 is 1. The highest BCUT2D eigenvalue weighted by Gasteiger charge is 2.20. The quantitative estimate of drug-likeness (QED) is 0.673. The molecule has 3 aromatic rings. The van der Waals surface area contributed by atoms with Gasteiger partial charge in [0.2, 0.25) is 5.16 Å². The molecule has 6 nitrogen and oxygen atoms in total. The number of benzene rings is 2. The Labute approximate surface area is 162 Å². The Morgan fingerprint density at radius 3 is 2.70 bits per heavy atom. The Balaban J connectivity index is 1.57. The second-order valence-electron chi connectivity index (χ2n) is 6.31. The molecule has 138 valence electrons. The van der Waals surface area contributed by atoms with E-state index in [-0.39, 0.29) is 6.61 Å². The number of hydrogen-bond donors (Lipinski definition) is 0. The molecule has 1 aliphatic rings. The van der Waals surface area contributed by atoms with Crippen LogP contribution in [-0.4, -0.2) is 33.4 Å². The molecule has 1 aromatic heterocycles. The maximum Gasteiger partial charge on any atom is 0.212 e. The first-order chi connectivity index (χ1) is 13.1. The fraction of sp³-hybridized carbons (Fsp3) is 0.250. The predicted molar refractivity (Wildman–Crippen MR) is 106 cm³/mol. The molecule has 0 aliphatic carbocycles. The minimum Gasteiger partial charge on any atom is -0.497 e. The number of nitrogens with zero attached hydrogens (tertiary/aromatic N) is 4. The van der Waals surface area contributed by atoms with Crippen molar-refractivity contribution < 1.29 is 9.47 Å². The molecule has 4 rings (SSSR count). The molecule has 0 radical (unpaired) electrons. The maximum atomic E-state index is 5.85. The van der Waals surface area contributed by atoms with E-state index >= 15 is 0 Å². The third-order valence-electron chi connectivity index (χ3n) is 4.48. The van der Waals surface area contributed by atoms with Gasteiger partial charge in [0.25, 0.3) is 0 Å². The van der Waals surface area contributed by atoms with E-state index in [1.165, 1.54) is 11.1 Å². The fourth-order valence-corrected chi connectivity index (χ4v) is 3.62. The third-order valence-corrected chi connectivity index (χ3v) is 5.42. The summed E-state index contributed by atoms with van der Waals surface area (Å²) in [5.74, 6) is 2.91. The summed E-state index contributed by atoms with van der Waals surface area (Å²) in [5, 5.41) is 14.0. The van der Waals surface area contributed by atoms with Crippen LogP contribution in [0.25, 0.3) is 0 Å². The van der Waals surface area contributed by atoms with Crippen molar-refractivity contribution in [2.24, 2.45) is 5.10 Å². The van der Waals surface area contributed by atoms with E-state index in [4.69, 9.17) is 14.6 Å². The lowest BCUT2D eigenvalue weighted by Gasteiger charge is -2.15. The van der Waals surface area contributed by atoms with Crippen molar-refractivity contribution in [2.75, 3.05) is 12.9 Å². The molecular weight excluding hydrogens is 360 g/mol. The molecule has 0 atom stereocenters. The lowest BCUT2D eigenvalue weighted by atomic mass is 10.0. The van der Waals surface area contributed by atoms with E-state index in [2.05, 4.69) is 42.2 Å². The Morgan fingerprint density at radius 2 is 1.89 bits per heavy atom. The molecule has 0 fully saturated rings. The van der Waals surface area contributed by atoms with Crippen molar-refractivity contribution in [1.82, 2.24) is 14.9 Å². The number of aromatic nitrogens is 3. The van der Waals surface area contributed by atoms with E-state index in [1.54, 1.807) is 23.5 Å². The molecular formula is C20H20N4O2S. The first-order valence-corrected chi connectivity index (χ1v) is 9.62. The van der Waals surface area contributed by atoms with Crippen LogP contribution in [0.1, 0.15) is 22.5 Å². The molecule has 0 bridgehead atoms. The van der Waals surface area contributed by atoms with Gasteiger partial charge >= 0.3 is 0 Å². The molecule has 0 unspecified atom stereocenters. The van der Waals surface area contributed by atoms with Gasteiger partial charge in [0.1, 0.15) is 18.1 Å². The molecule has 2 heterocycles. The Bertz CT molecular complexity index is 1010. The summed E-state index contributed by atoms with van der Waals surface area (Å²) in [6.45, 7) is 4.51. The summed E-state index contributed by atoms with van der Waals surface area (Å²) in [6.07, 6.45) is 0. The summed E-state index contributed by atoms with van der Waals surface area (Å²) in [5.41, 5.74) is 4.68. The molecule has 2 aromatic carbocycles. The minimum atomic E-state index is 0.282. The summed E-state index contributed by atoms with van der Waals surface area (Å²) in [6, 6.07) is 13.9. The van der Waals surface area contributed by atoms with Crippen LogP contribution in [0.4, 0.5) is 0 Å². The zero-order valence-electron chi connectivity index (χ0n) is 15.5. The number of ether oxygens (including phenoxy) is 2. The first-order valence-electron chi connectivity index (χ1n) is 8.63. The lowest BCUT2D eigenvalue weighted by molar-refractivity contribution is 0.288. The zero-order chi connectivity index (χ0) is 18.8. The second kappa shape index (κ2) is 7.44. The standard InChI is InChI=1S/C20H20N4O2S/c1-13-7-8-15(9-14(13)2)18-12-27-20-22-21-19(24(20)23-18)11-26-17-6-4-5-16(10-17)25-3/h4-10H,11-12H2,1-3H3. The topological polar surface area (TPSA) is 61.5 Å². The number of thioether (sulfide) groups is 1. The summed E-state index contributed by atoms with van der Waals surface area (Å²) < 4.78 is 12.9. The van der Waals surface area contributed by atoms with Crippen LogP contribution in [0.2, 0.25) is 0 Å². The molecule has 0 amide bonds. The van der Waals surface area contributed by atoms with Crippen molar-refractivity contribution in [2.45, 2.75) is 25.6 Å². The van der Waals surface area contributed by atoms with Crippen LogP contribution >= 0.6 is 11.8 Å². The fourth-order valence-electron chi connectivity index (χ4n) is 2.76. The molecule has 0 saturated carbocycles. The Morgan fingerprint density at radius 1 is 1.04 bits per heavy atom. The van der Waals surface area contributed by atoms with Gasteiger partial charge in [-0.25, -0.2) is 0 Å². The van der Waals surface area contributed by atoms with E-state index in [0.29, 0.717) is 11.6 Å². The normalized spacial score (nSPS) is 13.1. The van der Waals surface area contributed by atoms with Crippen LogP contribution in [-0.2, 0) is 6.61 Å². The highest BCUT2D eigenvalue weighted by molar-refractivity contribution is 7.99. The smallest absolute Gasteiger partial charge is 0.212 e. The molecule has 0 spiro atoms. The molecule has 0 N–H and O–H groups in total. The first kappa shape index (κ1) is 17.6. The second-order valence-corrected chi connectivity index (χ2v) is 7.26. The van der Waals surface area contributed by atoms with E-state index < -0.39 is 0 Å². The lowest BCUT2D eigenvalue weighted by Crippen LogP contribution is -2.15. The van der Waals surface area contributed by atoms with Crippen LogP contribution < -0.4 is 9.47 Å². The van der Waals surface area contributed by atoms with Crippen LogP contribution in [0.5, 0.6) is 11.5 Å². The van der Waals surface area contributed by atoms with Gasteiger partial charge in [0.15, 0.2) is 5.82 Å². The van der Waals surface area contributed by atoms with Gasteiger partial charge in [-0.15, -0.1) is 10.2 Å². The number of fused-ring (bicyclic) bond motifs is 1. The largest absolute Gasteiger partial charge is 0.497 e. The SMILES string of the molecule is COc1cccc(OCc2nnc3n2N=C(c2ccc(C)c(C)c2)CS3)c1. The van der Waals surface area contributed by atoms with Gasteiger partial charge in [-0.2, -0.15) is 9.78 Å². The van der Waals surface area contributed by atoms with E-state index in [9.17, 15) is 0 Å². The highest BCUT2D eigenvalue weighted by Crippen LogP contribution is 2.26. The average Bonchev–Trinajstić information content (AvgIpc) is 3.11.